The number of hydrogen-bond donors (Lipinski definition) is 1. The molecule has 1 N–H and O–H groups in total. The van der Waals surface area contributed by atoms with E-state index in [1.165, 1.54) is 12.8 Å². The van der Waals surface area contributed by atoms with Crippen LogP contribution in [0.15, 0.2) is 0 Å². The summed E-state index contributed by atoms with van der Waals surface area (Å²) in [5.74, 6) is 0. The second-order valence-corrected chi connectivity index (χ2v) is 3.11. The first-order valence-corrected chi connectivity index (χ1v) is 4.34. The number of nitrogens with zero attached hydrogens (tertiary/aromatic N) is 1. The van der Waals surface area contributed by atoms with Gasteiger partial charge in [-0.15, -0.1) is 0 Å². The summed E-state index contributed by atoms with van der Waals surface area (Å²) in [4.78, 5) is 0. The van der Waals surface area contributed by atoms with E-state index in [1.54, 1.807) is 7.11 Å². The van der Waals surface area contributed by atoms with Crippen LogP contribution in [-0.2, 0) is 4.74 Å². The van der Waals surface area contributed by atoms with Crippen molar-refractivity contribution in [3.8, 4) is 0 Å². The molecule has 0 spiro atoms. The molecule has 1 rings (SSSR count). The van der Waals surface area contributed by atoms with Crippen molar-refractivity contribution in [2.24, 2.45) is 0 Å². The molecule has 1 aliphatic rings. The number of rotatable bonds is 3. The van der Waals surface area contributed by atoms with E-state index >= 15 is 0 Å². The fraction of sp³-hybridized carbons (Fsp3) is 1.00. The molecule has 1 aliphatic heterocycles. The van der Waals surface area contributed by atoms with Crippen LogP contribution in [0.2, 0.25) is 0 Å². The fourth-order valence-electron chi connectivity index (χ4n) is 1.28. The Morgan fingerprint density at radius 2 is 2.36 bits per heavy atom. The Hall–Kier alpha value is -0.120. The summed E-state index contributed by atoms with van der Waals surface area (Å²) < 4.78 is 5.17. The van der Waals surface area contributed by atoms with Gasteiger partial charge in [-0.05, 0) is 19.8 Å². The summed E-state index contributed by atoms with van der Waals surface area (Å²) in [6.45, 7) is 5.37. The van der Waals surface area contributed by atoms with Gasteiger partial charge >= 0.3 is 0 Å². The van der Waals surface area contributed by atoms with Gasteiger partial charge in [0.15, 0.2) is 0 Å². The lowest BCUT2D eigenvalue weighted by molar-refractivity contribution is 0.0457. The van der Waals surface area contributed by atoms with E-state index in [0.29, 0.717) is 6.10 Å². The molecule has 0 aliphatic carbocycles. The van der Waals surface area contributed by atoms with Crippen LogP contribution < -0.4 is 5.43 Å². The Morgan fingerprint density at radius 3 is 2.91 bits per heavy atom. The molecule has 1 atom stereocenters. The molecule has 66 valence electrons. The molecule has 0 aromatic rings. The first kappa shape index (κ1) is 8.97. The Labute approximate surface area is 68.7 Å². The van der Waals surface area contributed by atoms with Crippen molar-refractivity contribution in [1.82, 2.24) is 10.4 Å². The average Bonchev–Trinajstić information content (AvgIpc) is 2.06. The van der Waals surface area contributed by atoms with Crippen molar-refractivity contribution >= 4 is 0 Å². The van der Waals surface area contributed by atoms with Crippen molar-refractivity contribution in [1.29, 1.82) is 0 Å². The highest BCUT2D eigenvalue weighted by Crippen LogP contribution is 2.00. The maximum atomic E-state index is 5.17. The fourth-order valence-corrected chi connectivity index (χ4v) is 1.28. The van der Waals surface area contributed by atoms with Gasteiger partial charge in [-0.1, -0.05) is 0 Å². The number of ether oxygens (including phenoxy) is 1. The maximum Gasteiger partial charge on any atom is 0.0684 e. The van der Waals surface area contributed by atoms with Crippen LogP contribution >= 0.6 is 0 Å². The lowest BCUT2D eigenvalue weighted by Crippen LogP contribution is -2.46. The highest BCUT2D eigenvalue weighted by Gasteiger charge is 2.11. The standard InChI is InChI=1S/C8H18N2O/c1-8(11-2)7-10-6-4-3-5-9-10/h8-9H,3-7H2,1-2H3. The Morgan fingerprint density at radius 1 is 1.55 bits per heavy atom. The monoisotopic (exact) mass is 158 g/mol. The van der Waals surface area contributed by atoms with Crippen molar-refractivity contribution in [2.75, 3.05) is 26.7 Å². The zero-order valence-electron chi connectivity index (χ0n) is 7.47. The molecule has 0 aromatic heterocycles. The van der Waals surface area contributed by atoms with Crippen molar-refractivity contribution in [3.63, 3.8) is 0 Å². The SMILES string of the molecule is COC(C)CN1CCCCN1. The van der Waals surface area contributed by atoms with E-state index in [-0.39, 0.29) is 0 Å². The molecule has 3 heteroatoms. The maximum absolute atomic E-state index is 5.17. The molecule has 1 heterocycles. The quantitative estimate of drug-likeness (QED) is 0.651. The number of nitrogens with one attached hydrogen (secondary N) is 1. The van der Waals surface area contributed by atoms with Crippen LogP contribution in [0.4, 0.5) is 0 Å². The van der Waals surface area contributed by atoms with Crippen molar-refractivity contribution < 1.29 is 4.74 Å². The molecular formula is C8H18N2O. The molecule has 1 unspecified atom stereocenters. The van der Waals surface area contributed by atoms with Gasteiger partial charge in [-0.2, -0.15) is 0 Å². The minimum absolute atomic E-state index is 0.334. The predicted octanol–water partition coefficient (Wildman–Crippen LogP) is 0.622. The third-order valence-corrected chi connectivity index (χ3v) is 2.07. The Kier molecular flexibility index (Phi) is 3.83. The lowest BCUT2D eigenvalue weighted by atomic mass is 10.2. The summed E-state index contributed by atoms with van der Waals surface area (Å²) in [5, 5.41) is 2.25. The minimum atomic E-state index is 0.334. The summed E-state index contributed by atoms with van der Waals surface area (Å²) in [7, 11) is 1.76. The topological polar surface area (TPSA) is 24.5 Å². The van der Waals surface area contributed by atoms with Crippen LogP contribution in [-0.4, -0.2) is 37.9 Å². The third kappa shape index (κ3) is 3.18. The molecule has 0 aromatic carbocycles. The number of hydrazine groups is 1. The van der Waals surface area contributed by atoms with E-state index in [9.17, 15) is 0 Å². The summed E-state index contributed by atoms with van der Waals surface area (Å²) in [5.41, 5.74) is 3.34. The summed E-state index contributed by atoms with van der Waals surface area (Å²) in [6, 6.07) is 0. The van der Waals surface area contributed by atoms with Gasteiger partial charge < -0.3 is 4.74 Å². The molecule has 1 fully saturated rings. The second-order valence-electron chi connectivity index (χ2n) is 3.11. The second kappa shape index (κ2) is 4.70. The van der Waals surface area contributed by atoms with Crippen LogP contribution in [0.1, 0.15) is 19.8 Å². The van der Waals surface area contributed by atoms with E-state index in [2.05, 4.69) is 17.4 Å². The van der Waals surface area contributed by atoms with Crippen LogP contribution in [0, 0.1) is 0 Å². The number of methoxy groups -OCH3 is 1. The third-order valence-electron chi connectivity index (χ3n) is 2.07. The summed E-state index contributed by atoms with van der Waals surface area (Å²) in [6.07, 6.45) is 2.95. The number of hydrogen-bond acceptors (Lipinski definition) is 3. The van der Waals surface area contributed by atoms with E-state index in [0.717, 1.165) is 19.6 Å². The summed E-state index contributed by atoms with van der Waals surface area (Å²) >= 11 is 0. The predicted molar refractivity (Wildman–Crippen MR) is 45.3 cm³/mol. The first-order valence-electron chi connectivity index (χ1n) is 4.34. The normalized spacial score (nSPS) is 23.5. The molecule has 0 amide bonds. The van der Waals surface area contributed by atoms with Gasteiger partial charge in [-0.3, -0.25) is 5.43 Å². The molecular weight excluding hydrogens is 140 g/mol. The van der Waals surface area contributed by atoms with Gasteiger partial charge in [0.2, 0.25) is 0 Å². The Balaban J connectivity index is 2.13. The molecule has 1 saturated heterocycles. The lowest BCUT2D eigenvalue weighted by Gasteiger charge is -2.29. The van der Waals surface area contributed by atoms with Crippen LogP contribution in [0.25, 0.3) is 0 Å². The van der Waals surface area contributed by atoms with Gasteiger partial charge in [-0.25, -0.2) is 5.01 Å². The van der Waals surface area contributed by atoms with Gasteiger partial charge in [0.1, 0.15) is 0 Å². The van der Waals surface area contributed by atoms with Crippen LogP contribution in [0.5, 0.6) is 0 Å². The van der Waals surface area contributed by atoms with E-state index in [4.69, 9.17) is 4.74 Å². The van der Waals surface area contributed by atoms with Crippen molar-refractivity contribution in [2.45, 2.75) is 25.9 Å². The highest BCUT2D eigenvalue weighted by molar-refractivity contribution is 4.63. The molecule has 3 nitrogen and oxygen atoms in total. The molecule has 0 bridgehead atoms. The van der Waals surface area contributed by atoms with E-state index in [1.807, 2.05) is 0 Å². The highest BCUT2D eigenvalue weighted by atomic mass is 16.5. The van der Waals surface area contributed by atoms with Crippen LogP contribution in [0.3, 0.4) is 0 Å². The minimum Gasteiger partial charge on any atom is -0.380 e. The zero-order valence-corrected chi connectivity index (χ0v) is 7.47. The average molecular weight is 158 g/mol. The Bertz CT molecular complexity index is 102. The smallest absolute Gasteiger partial charge is 0.0684 e. The zero-order chi connectivity index (χ0) is 8.10. The molecule has 11 heavy (non-hydrogen) atoms. The van der Waals surface area contributed by atoms with Gasteiger partial charge in [0.05, 0.1) is 6.10 Å². The first-order chi connectivity index (χ1) is 5.33. The largest absolute Gasteiger partial charge is 0.380 e. The molecule has 0 radical (unpaired) electrons. The van der Waals surface area contributed by atoms with Crippen molar-refractivity contribution in [3.05, 3.63) is 0 Å². The van der Waals surface area contributed by atoms with Gasteiger partial charge in [0.25, 0.3) is 0 Å². The van der Waals surface area contributed by atoms with E-state index < -0.39 is 0 Å². The van der Waals surface area contributed by atoms with Gasteiger partial charge in [0, 0.05) is 26.7 Å². The molecule has 0 saturated carbocycles.